The minimum absolute atomic E-state index is 0.114. The number of nitrogens with zero attached hydrogens (tertiary/aromatic N) is 2. The Labute approximate surface area is 202 Å². The van der Waals surface area contributed by atoms with Crippen molar-refractivity contribution >= 4 is 50.9 Å². The van der Waals surface area contributed by atoms with Crippen LogP contribution in [0.2, 0.25) is 0 Å². The second-order valence-electron chi connectivity index (χ2n) is 8.10. The van der Waals surface area contributed by atoms with Gasteiger partial charge >= 0.3 is 0 Å². The van der Waals surface area contributed by atoms with Crippen LogP contribution in [0.1, 0.15) is 45.9 Å². The van der Waals surface area contributed by atoms with E-state index in [0.29, 0.717) is 23.7 Å². The Bertz CT molecular complexity index is 1140. The van der Waals surface area contributed by atoms with Crippen molar-refractivity contribution < 1.29 is 14.3 Å². The normalized spacial score (nSPS) is 13.2. The minimum atomic E-state index is -0.146. The average molecular weight is 487 g/mol. The molecule has 7 nitrogen and oxygen atoms in total. The third-order valence-corrected chi connectivity index (χ3v) is 7.52. The molecule has 1 aromatic carbocycles. The molecule has 2 amide bonds. The van der Waals surface area contributed by atoms with Crippen LogP contribution in [-0.2, 0) is 34.7 Å². The summed E-state index contributed by atoms with van der Waals surface area (Å²) in [4.78, 5) is 32.1. The first-order valence-corrected chi connectivity index (χ1v) is 13.5. The maximum Gasteiger partial charge on any atom is 0.254 e. The predicted octanol–water partition coefficient (Wildman–Crippen LogP) is 4.24. The minimum Gasteiger partial charge on any atom is -0.385 e. The maximum absolute atomic E-state index is 13.2. The second-order valence-corrected chi connectivity index (χ2v) is 10.1. The first-order chi connectivity index (χ1) is 16.1. The molecule has 0 aliphatic heterocycles. The van der Waals surface area contributed by atoms with Gasteiger partial charge in [0.15, 0.2) is 0 Å². The molecule has 1 aliphatic carbocycles. The Kier molecular flexibility index (Phi) is 8.06. The predicted molar refractivity (Wildman–Crippen MR) is 135 cm³/mol. The average Bonchev–Trinajstić information content (AvgIpc) is 3.34. The number of anilines is 1. The second kappa shape index (κ2) is 11.2. The summed E-state index contributed by atoms with van der Waals surface area (Å²) in [7, 11) is 1.65. The summed E-state index contributed by atoms with van der Waals surface area (Å²) in [5.74, 6) is 1.34. The van der Waals surface area contributed by atoms with Gasteiger partial charge in [-0.2, -0.15) is 11.8 Å². The summed E-state index contributed by atoms with van der Waals surface area (Å²) in [5, 5.41) is 6.72. The first-order valence-electron chi connectivity index (χ1n) is 11.3. The van der Waals surface area contributed by atoms with Crippen molar-refractivity contribution in [1.82, 2.24) is 14.9 Å². The molecule has 2 aromatic heterocycles. The van der Waals surface area contributed by atoms with Crippen molar-refractivity contribution in [1.29, 1.82) is 0 Å². The highest BCUT2D eigenvalue weighted by Crippen LogP contribution is 2.38. The van der Waals surface area contributed by atoms with E-state index in [1.54, 1.807) is 30.2 Å². The molecule has 176 valence electrons. The number of hydrogen-bond donors (Lipinski definition) is 2. The third-order valence-electron chi connectivity index (χ3n) is 5.77. The fourth-order valence-corrected chi connectivity index (χ4v) is 6.03. The van der Waals surface area contributed by atoms with Gasteiger partial charge in [0.05, 0.1) is 22.3 Å². The van der Waals surface area contributed by atoms with Crippen molar-refractivity contribution in [3.63, 3.8) is 0 Å². The number of aromatic nitrogens is 2. The van der Waals surface area contributed by atoms with Crippen molar-refractivity contribution in [2.75, 3.05) is 31.8 Å². The van der Waals surface area contributed by atoms with Crippen LogP contribution < -0.4 is 10.6 Å². The molecular weight excluding hydrogens is 456 g/mol. The standard InChI is InChI=1S/C24H30N4O3S2/c1-31-13-7-12-25-23(30)22-16-8-3-6-11-19(16)33-24(22)27-21(29)14-28-18-10-5-4-9-17(18)26-20(28)15-32-2/h4-5,9-10H,3,6-8,11-15H2,1-2H3,(H,25,30)(H,27,29). The van der Waals surface area contributed by atoms with Crippen LogP contribution in [0.5, 0.6) is 0 Å². The molecule has 0 fully saturated rings. The number of fused-ring (bicyclic) bond motifs is 2. The molecule has 33 heavy (non-hydrogen) atoms. The number of carbonyl (C=O) groups is 2. The molecule has 4 rings (SSSR count). The smallest absolute Gasteiger partial charge is 0.254 e. The van der Waals surface area contributed by atoms with Gasteiger partial charge in [-0.05, 0) is 56.1 Å². The van der Waals surface area contributed by atoms with Gasteiger partial charge in [0.25, 0.3) is 5.91 Å². The number of imidazole rings is 1. The zero-order valence-electron chi connectivity index (χ0n) is 19.1. The highest BCUT2D eigenvalue weighted by molar-refractivity contribution is 7.97. The number of rotatable bonds is 10. The Morgan fingerprint density at radius 2 is 2.06 bits per heavy atom. The van der Waals surface area contributed by atoms with Crippen molar-refractivity contribution in [2.45, 2.75) is 44.4 Å². The topological polar surface area (TPSA) is 85.3 Å². The van der Waals surface area contributed by atoms with E-state index >= 15 is 0 Å². The first kappa shape index (κ1) is 23.8. The lowest BCUT2D eigenvalue weighted by Gasteiger charge is -2.13. The molecule has 0 saturated carbocycles. The van der Waals surface area contributed by atoms with E-state index in [0.717, 1.165) is 60.3 Å². The number of thiophene rings is 1. The van der Waals surface area contributed by atoms with E-state index in [1.807, 2.05) is 35.1 Å². The number of aryl methyl sites for hydroxylation is 1. The van der Waals surface area contributed by atoms with E-state index in [1.165, 1.54) is 4.88 Å². The highest BCUT2D eigenvalue weighted by Gasteiger charge is 2.26. The van der Waals surface area contributed by atoms with Crippen LogP contribution in [0, 0.1) is 0 Å². The van der Waals surface area contributed by atoms with Crippen molar-refractivity contribution in [2.24, 2.45) is 0 Å². The number of nitrogens with one attached hydrogen (secondary N) is 2. The van der Waals surface area contributed by atoms with E-state index in [-0.39, 0.29) is 18.4 Å². The summed E-state index contributed by atoms with van der Waals surface area (Å²) in [6.45, 7) is 1.31. The summed E-state index contributed by atoms with van der Waals surface area (Å²) in [5.41, 5.74) is 3.57. The van der Waals surface area contributed by atoms with Gasteiger partial charge in [0, 0.05) is 25.1 Å². The summed E-state index contributed by atoms with van der Waals surface area (Å²) in [6, 6.07) is 7.87. The molecule has 2 N–H and O–H groups in total. The summed E-state index contributed by atoms with van der Waals surface area (Å²) in [6.07, 6.45) is 6.81. The lowest BCUT2D eigenvalue weighted by atomic mass is 9.95. The van der Waals surface area contributed by atoms with Crippen LogP contribution in [0.3, 0.4) is 0 Å². The van der Waals surface area contributed by atoms with E-state index < -0.39 is 0 Å². The van der Waals surface area contributed by atoms with Crippen LogP contribution >= 0.6 is 23.1 Å². The monoisotopic (exact) mass is 486 g/mol. The number of methoxy groups -OCH3 is 1. The van der Waals surface area contributed by atoms with E-state index in [4.69, 9.17) is 9.72 Å². The zero-order valence-corrected chi connectivity index (χ0v) is 20.7. The molecule has 9 heteroatoms. The Morgan fingerprint density at radius 3 is 2.88 bits per heavy atom. The lowest BCUT2D eigenvalue weighted by Crippen LogP contribution is -2.28. The molecule has 0 unspecified atom stereocenters. The molecule has 2 heterocycles. The Morgan fingerprint density at radius 1 is 1.24 bits per heavy atom. The number of carbonyl (C=O) groups excluding carboxylic acids is 2. The van der Waals surface area contributed by atoms with Gasteiger partial charge in [0.2, 0.25) is 5.91 Å². The van der Waals surface area contributed by atoms with Crippen LogP contribution in [-0.4, -0.2) is 47.9 Å². The van der Waals surface area contributed by atoms with Gasteiger partial charge < -0.3 is 19.9 Å². The van der Waals surface area contributed by atoms with Gasteiger partial charge in [-0.1, -0.05) is 12.1 Å². The van der Waals surface area contributed by atoms with Gasteiger partial charge in [0.1, 0.15) is 17.4 Å². The van der Waals surface area contributed by atoms with Gasteiger partial charge in [-0.25, -0.2) is 4.98 Å². The van der Waals surface area contributed by atoms with Crippen LogP contribution in [0.25, 0.3) is 11.0 Å². The number of hydrogen-bond acceptors (Lipinski definition) is 6. The van der Waals surface area contributed by atoms with E-state index in [2.05, 4.69) is 10.6 Å². The van der Waals surface area contributed by atoms with Crippen molar-refractivity contribution in [3.05, 3.63) is 46.1 Å². The number of thioether (sulfide) groups is 1. The molecule has 1 aliphatic rings. The van der Waals surface area contributed by atoms with Crippen LogP contribution in [0.4, 0.5) is 5.00 Å². The SMILES string of the molecule is COCCCNC(=O)c1c(NC(=O)Cn2c(CSC)nc3ccccc32)sc2c1CCCC2. The van der Waals surface area contributed by atoms with Crippen LogP contribution in [0.15, 0.2) is 24.3 Å². The fourth-order valence-electron chi connectivity index (χ4n) is 4.25. The molecule has 3 aromatic rings. The summed E-state index contributed by atoms with van der Waals surface area (Å²) >= 11 is 3.22. The largest absolute Gasteiger partial charge is 0.385 e. The number of ether oxygens (including phenoxy) is 1. The quantitative estimate of drug-likeness (QED) is 0.419. The number of para-hydroxylation sites is 2. The maximum atomic E-state index is 13.2. The molecule has 0 saturated heterocycles. The van der Waals surface area contributed by atoms with Gasteiger partial charge in [-0.3, -0.25) is 9.59 Å². The Balaban J connectivity index is 1.56. The number of benzene rings is 1. The molecule has 0 bridgehead atoms. The zero-order chi connectivity index (χ0) is 23.2. The van der Waals surface area contributed by atoms with Gasteiger partial charge in [-0.15, -0.1) is 11.3 Å². The third kappa shape index (κ3) is 5.42. The lowest BCUT2D eigenvalue weighted by molar-refractivity contribution is -0.116. The number of amides is 2. The molecule has 0 spiro atoms. The molecule has 0 atom stereocenters. The van der Waals surface area contributed by atoms with Crippen molar-refractivity contribution in [3.8, 4) is 0 Å². The fraction of sp³-hybridized carbons (Fsp3) is 0.458. The highest BCUT2D eigenvalue weighted by atomic mass is 32.2. The van der Waals surface area contributed by atoms with E-state index in [9.17, 15) is 9.59 Å². The molecule has 0 radical (unpaired) electrons. The Hall–Kier alpha value is -2.36. The summed E-state index contributed by atoms with van der Waals surface area (Å²) < 4.78 is 7.04. The molecular formula is C24H30N4O3S2.